The van der Waals surface area contributed by atoms with Crippen LogP contribution in [-0.4, -0.2) is 5.66 Å². The van der Waals surface area contributed by atoms with Gasteiger partial charge in [-0.1, -0.05) is 13.8 Å². The summed E-state index contributed by atoms with van der Waals surface area (Å²) in [5.41, 5.74) is -0.561. The molecular formula is C7H9N3. The van der Waals surface area contributed by atoms with Gasteiger partial charge in [-0.25, -0.2) is 0 Å². The van der Waals surface area contributed by atoms with Gasteiger partial charge in [0, 0.05) is 5.41 Å². The van der Waals surface area contributed by atoms with E-state index in [1.807, 2.05) is 0 Å². The van der Waals surface area contributed by atoms with Crippen LogP contribution in [0.4, 0.5) is 0 Å². The third-order valence-electron chi connectivity index (χ3n) is 2.91. The Hall–Kier alpha value is -0.910. The van der Waals surface area contributed by atoms with Gasteiger partial charge < -0.3 is 0 Å². The van der Waals surface area contributed by atoms with E-state index in [1.165, 1.54) is 0 Å². The molecule has 52 valence electrons. The first-order valence-corrected chi connectivity index (χ1v) is 3.50. The predicted molar refractivity (Wildman–Crippen MR) is 35.1 cm³/mol. The Kier molecular flexibility index (Phi) is 0.726. The summed E-state index contributed by atoms with van der Waals surface area (Å²) in [5, 5.41) is 16.3. The average Bonchev–Trinajstić information content (AvgIpc) is 2.73. The fraction of sp³-hybridized carbons (Fsp3) is 0.857. The highest BCUT2D eigenvalue weighted by atomic mass is 15.5. The first-order valence-electron chi connectivity index (χ1n) is 3.50. The van der Waals surface area contributed by atoms with Gasteiger partial charge in [0.15, 0.2) is 0 Å². The molecule has 0 bridgehead atoms. The maximum atomic E-state index is 8.71. The predicted octanol–water partition coefficient (Wildman–Crippen LogP) is 1.72. The lowest BCUT2D eigenvalue weighted by atomic mass is 9.94. The van der Waals surface area contributed by atoms with Crippen LogP contribution < -0.4 is 0 Å². The summed E-state index contributed by atoms with van der Waals surface area (Å²) in [5.74, 6) is 0.613. The van der Waals surface area contributed by atoms with Crippen molar-refractivity contribution in [3.63, 3.8) is 0 Å². The van der Waals surface area contributed by atoms with Gasteiger partial charge in [0.2, 0.25) is 0 Å². The second-order valence-corrected chi connectivity index (χ2v) is 3.51. The normalized spacial score (nSPS) is 46.3. The van der Waals surface area contributed by atoms with Crippen LogP contribution in [0.25, 0.3) is 0 Å². The van der Waals surface area contributed by atoms with E-state index in [-0.39, 0.29) is 5.41 Å². The molecular weight excluding hydrogens is 126 g/mol. The maximum absolute atomic E-state index is 8.71. The topological polar surface area (TPSA) is 48.5 Å². The molecule has 3 nitrogen and oxygen atoms in total. The molecule has 0 spiro atoms. The summed E-state index contributed by atoms with van der Waals surface area (Å²) in [6.07, 6.45) is 1.09. The van der Waals surface area contributed by atoms with Crippen LogP contribution in [0.3, 0.4) is 0 Å². The highest BCUT2D eigenvalue weighted by Crippen LogP contribution is 2.64. The molecule has 1 saturated carbocycles. The van der Waals surface area contributed by atoms with E-state index in [0.29, 0.717) is 5.92 Å². The fourth-order valence-corrected chi connectivity index (χ4v) is 1.51. The number of hydrogen-bond acceptors (Lipinski definition) is 3. The lowest BCUT2D eigenvalue weighted by Gasteiger charge is -2.08. The number of hydrogen-bond donors (Lipinski definition) is 0. The Balaban J connectivity index is 2.22. The van der Waals surface area contributed by atoms with Gasteiger partial charge in [-0.3, -0.25) is 0 Å². The van der Waals surface area contributed by atoms with Crippen molar-refractivity contribution in [2.24, 2.45) is 21.6 Å². The molecule has 3 heteroatoms. The van der Waals surface area contributed by atoms with Gasteiger partial charge in [-0.05, 0) is 12.3 Å². The SMILES string of the molecule is CC1CC1(C)C1(C#N)N=N1. The second kappa shape index (κ2) is 1.24. The first kappa shape index (κ1) is 5.84. The van der Waals surface area contributed by atoms with Crippen molar-refractivity contribution in [2.75, 3.05) is 0 Å². The average molecular weight is 135 g/mol. The molecule has 0 aromatic carbocycles. The third-order valence-corrected chi connectivity index (χ3v) is 2.91. The fourth-order valence-electron chi connectivity index (χ4n) is 1.51. The summed E-state index contributed by atoms with van der Waals surface area (Å²) in [6.45, 7) is 4.23. The summed E-state index contributed by atoms with van der Waals surface area (Å²) < 4.78 is 0. The minimum Gasteiger partial charge on any atom is -0.193 e. The van der Waals surface area contributed by atoms with E-state index in [1.54, 1.807) is 0 Å². The second-order valence-electron chi connectivity index (χ2n) is 3.51. The van der Waals surface area contributed by atoms with Crippen molar-refractivity contribution in [3.05, 3.63) is 0 Å². The first-order chi connectivity index (χ1) is 4.65. The van der Waals surface area contributed by atoms with E-state index in [0.717, 1.165) is 6.42 Å². The van der Waals surface area contributed by atoms with Gasteiger partial charge in [0.05, 0.1) is 0 Å². The van der Waals surface area contributed by atoms with Crippen molar-refractivity contribution < 1.29 is 0 Å². The van der Waals surface area contributed by atoms with Gasteiger partial charge >= 0.3 is 0 Å². The molecule has 0 saturated heterocycles. The molecule has 0 N–H and O–H groups in total. The minimum atomic E-state index is -0.633. The van der Waals surface area contributed by atoms with E-state index in [9.17, 15) is 0 Å². The standard InChI is InChI=1S/C7H9N3/c1-5-3-6(5,2)7(4-8)9-10-7/h5H,3H2,1-2H3. The van der Waals surface area contributed by atoms with E-state index < -0.39 is 5.66 Å². The van der Waals surface area contributed by atoms with Crippen molar-refractivity contribution in [1.29, 1.82) is 5.26 Å². The molecule has 2 aliphatic rings. The summed E-state index contributed by atoms with van der Waals surface area (Å²) >= 11 is 0. The van der Waals surface area contributed by atoms with Crippen molar-refractivity contribution in [2.45, 2.75) is 25.9 Å². The van der Waals surface area contributed by atoms with Gasteiger partial charge in [0.1, 0.15) is 6.07 Å². The van der Waals surface area contributed by atoms with Gasteiger partial charge in [0.25, 0.3) is 5.66 Å². The molecule has 1 aliphatic heterocycles. The quantitative estimate of drug-likeness (QED) is 0.540. The lowest BCUT2D eigenvalue weighted by Crippen LogP contribution is -2.22. The molecule has 1 heterocycles. The van der Waals surface area contributed by atoms with E-state index >= 15 is 0 Å². The van der Waals surface area contributed by atoms with Crippen LogP contribution in [0.15, 0.2) is 10.2 Å². The highest BCUT2D eigenvalue weighted by molar-refractivity contribution is 5.27. The Morgan fingerprint density at radius 1 is 1.60 bits per heavy atom. The van der Waals surface area contributed by atoms with Gasteiger partial charge in [-0.15, -0.1) is 10.2 Å². The molecule has 2 unspecified atom stereocenters. The Morgan fingerprint density at radius 3 is 2.20 bits per heavy atom. The van der Waals surface area contributed by atoms with Crippen LogP contribution in [0, 0.1) is 22.7 Å². The zero-order valence-corrected chi connectivity index (χ0v) is 6.13. The minimum absolute atomic E-state index is 0.0712. The summed E-state index contributed by atoms with van der Waals surface area (Å²) in [7, 11) is 0. The van der Waals surface area contributed by atoms with Crippen LogP contribution in [-0.2, 0) is 0 Å². The van der Waals surface area contributed by atoms with Gasteiger partial charge in [-0.2, -0.15) is 5.26 Å². The van der Waals surface area contributed by atoms with Crippen molar-refractivity contribution >= 4 is 0 Å². The monoisotopic (exact) mass is 135 g/mol. The van der Waals surface area contributed by atoms with E-state index in [2.05, 4.69) is 30.1 Å². The van der Waals surface area contributed by atoms with Crippen LogP contribution in [0.5, 0.6) is 0 Å². The zero-order chi connectivity index (χ0) is 7.41. The summed E-state index contributed by atoms with van der Waals surface area (Å²) in [6, 6.07) is 2.15. The Morgan fingerprint density at radius 2 is 2.10 bits per heavy atom. The van der Waals surface area contributed by atoms with E-state index in [4.69, 9.17) is 5.26 Å². The lowest BCUT2D eigenvalue weighted by molar-refractivity contribution is 0.423. The molecule has 1 aliphatic carbocycles. The zero-order valence-electron chi connectivity index (χ0n) is 6.13. The molecule has 0 aromatic rings. The molecule has 10 heavy (non-hydrogen) atoms. The smallest absolute Gasteiger partial charge is 0.193 e. The molecule has 0 amide bonds. The van der Waals surface area contributed by atoms with Crippen LogP contribution in [0.1, 0.15) is 20.3 Å². The van der Waals surface area contributed by atoms with Crippen molar-refractivity contribution in [3.8, 4) is 6.07 Å². The number of rotatable bonds is 1. The molecule has 2 atom stereocenters. The number of nitriles is 1. The summed E-state index contributed by atoms with van der Waals surface area (Å²) in [4.78, 5) is 0. The largest absolute Gasteiger partial charge is 0.280 e. The highest BCUT2D eigenvalue weighted by Gasteiger charge is 2.68. The third kappa shape index (κ3) is 0.418. The Labute approximate surface area is 59.8 Å². The van der Waals surface area contributed by atoms with Crippen LogP contribution >= 0.6 is 0 Å². The Bertz CT molecular complexity index is 244. The number of nitrogens with zero attached hydrogens (tertiary/aromatic N) is 3. The molecule has 1 fully saturated rings. The molecule has 2 rings (SSSR count). The molecule has 0 radical (unpaired) electrons. The molecule has 0 aromatic heterocycles. The van der Waals surface area contributed by atoms with Crippen LogP contribution in [0.2, 0.25) is 0 Å². The van der Waals surface area contributed by atoms with Crippen molar-refractivity contribution in [1.82, 2.24) is 0 Å². The maximum Gasteiger partial charge on any atom is 0.280 e.